The minimum atomic E-state index is -3.44. The highest BCUT2D eigenvalue weighted by Crippen LogP contribution is 2.21. The van der Waals surface area contributed by atoms with E-state index in [1.807, 2.05) is 25.7 Å². The SMILES string of the molecule is CN(CC(=O)NC(C)(C)C)C(=O)CN1CCN(S(=O)(=O)c2cccs2)CC1. The van der Waals surface area contributed by atoms with Crippen LogP contribution in [-0.2, 0) is 19.6 Å². The number of amides is 2. The van der Waals surface area contributed by atoms with E-state index >= 15 is 0 Å². The molecule has 0 spiro atoms. The molecule has 0 saturated carbocycles. The first-order chi connectivity index (χ1) is 12.5. The first-order valence-electron chi connectivity index (χ1n) is 8.80. The van der Waals surface area contributed by atoms with Crippen LogP contribution in [0.2, 0.25) is 0 Å². The van der Waals surface area contributed by atoms with Crippen LogP contribution in [0.15, 0.2) is 21.7 Å². The van der Waals surface area contributed by atoms with Crippen molar-refractivity contribution in [2.24, 2.45) is 0 Å². The summed E-state index contributed by atoms with van der Waals surface area (Å²) >= 11 is 1.21. The van der Waals surface area contributed by atoms with E-state index in [9.17, 15) is 18.0 Å². The van der Waals surface area contributed by atoms with E-state index in [1.165, 1.54) is 20.5 Å². The number of nitrogens with zero attached hydrogens (tertiary/aromatic N) is 3. The fourth-order valence-corrected chi connectivity index (χ4v) is 5.31. The molecule has 0 aliphatic carbocycles. The molecule has 1 aromatic rings. The van der Waals surface area contributed by atoms with Gasteiger partial charge in [0.25, 0.3) is 10.0 Å². The highest BCUT2D eigenvalue weighted by molar-refractivity contribution is 7.91. The molecule has 1 aliphatic heterocycles. The highest BCUT2D eigenvalue weighted by Gasteiger charge is 2.30. The summed E-state index contributed by atoms with van der Waals surface area (Å²) in [6.45, 7) is 7.50. The van der Waals surface area contributed by atoms with E-state index in [0.717, 1.165) is 0 Å². The number of nitrogens with one attached hydrogen (secondary N) is 1. The second-order valence-corrected chi connectivity index (χ2v) is 10.8. The Kier molecular flexibility index (Phi) is 7.01. The lowest BCUT2D eigenvalue weighted by Gasteiger charge is -2.34. The number of sulfonamides is 1. The maximum Gasteiger partial charge on any atom is 0.252 e. The molecule has 0 bridgehead atoms. The average Bonchev–Trinajstić information content (AvgIpc) is 3.08. The summed E-state index contributed by atoms with van der Waals surface area (Å²) in [6, 6.07) is 3.33. The Morgan fingerprint density at radius 2 is 1.85 bits per heavy atom. The Hall–Kier alpha value is -1.49. The Labute approximate surface area is 165 Å². The van der Waals surface area contributed by atoms with E-state index in [2.05, 4.69) is 5.32 Å². The molecule has 0 aromatic carbocycles. The predicted molar refractivity (Wildman–Crippen MR) is 105 cm³/mol. The van der Waals surface area contributed by atoms with Gasteiger partial charge in [0, 0.05) is 38.8 Å². The lowest BCUT2D eigenvalue weighted by atomic mass is 10.1. The number of hydrogen-bond acceptors (Lipinski definition) is 6. The molecule has 10 heteroatoms. The summed E-state index contributed by atoms with van der Waals surface area (Å²) in [7, 11) is -1.84. The topological polar surface area (TPSA) is 90.0 Å². The number of carbonyl (C=O) groups excluding carboxylic acids is 2. The van der Waals surface area contributed by atoms with Crippen LogP contribution in [0.4, 0.5) is 0 Å². The van der Waals surface area contributed by atoms with Gasteiger partial charge in [0.05, 0.1) is 13.1 Å². The van der Waals surface area contributed by atoms with Gasteiger partial charge in [-0.25, -0.2) is 8.42 Å². The maximum atomic E-state index is 12.5. The summed E-state index contributed by atoms with van der Waals surface area (Å²) in [5.74, 6) is -0.362. The Balaban J connectivity index is 1.81. The minimum absolute atomic E-state index is 0.00280. The van der Waals surface area contributed by atoms with Crippen molar-refractivity contribution in [2.45, 2.75) is 30.5 Å². The molecule has 0 radical (unpaired) electrons. The van der Waals surface area contributed by atoms with Crippen molar-refractivity contribution < 1.29 is 18.0 Å². The van der Waals surface area contributed by atoms with Gasteiger partial charge in [-0.2, -0.15) is 4.31 Å². The van der Waals surface area contributed by atoms with Crippen molar-refractivity contribution in [3.8, 4) is 0 Å². The van der Waals surface area contributed by atoms with Gasteiger partial charge in [-0.15, -0.1) is 11.3 Å². The van der Waals surface area contributed by atoms with E-state index in [-0.39, 0.29) is 30.4 Å². The molecule has 1 N–H and O–H groups in total. The van der Waals surface area contributed by atoms with Crippen LogP contribution in [0.5, 0.6) is 0 Å². The highest BCUT2D eigenvalue weighted by atomic mass is 32.2. The predicted octanol–water partition coefficient (Wildman–Crippen LogP) is 0.428. The molecular weight excluding hydrogens is 388 g/mol. The van der Waals surface area contributed by atoms with Gasteiger partial charge in [0.15, 0.2) is 0 Å². The normalized spacial score (nSPS) is 16.9. The molecule has 8 nitrogen and oxygen atoms in total. The number of hydrogen-bond donors (Lipinski definition) is 1. The molecule has 2 amide bonds. The van der Waals surface area contributed by atoms with Crippen LogP contribution in [0.3, 0.4) is 0 Å². The van der Waals surface area contributed by atoms with E-state index in [1.54, 1.807) is 24.6 Å². The smallest absolute Gasteiger partial charge is 0.252 e. The van der Waals surface area contributed by atoms with Crippen LogP contribution in [0, 0.1) is 0 Å². The fourth-order valence-electron chi connectivity index (χ4n) is 2.74. The zero-order valence-electron chi connectivity index (χ0n) is 16.3. The van der Waals surface area contributed by atoms with Gasteiger partial charge >= 0.3 is 0 Å². The quantitative estimate of drug-likeness (QED) is 0.726. The molecule has 152 valence electrons. The van der Waals surface area contributed by atoms with Gasteiger partial charge in [-0.05, 0) is 32.2 Å². The first kappa shape index (κ1) is 21.8. The standard InChI is InChI=1S/C17H28N4O4S2/c1-17(2,3)18-14(22)12-19(4)15(23)13-20-7-9-21(10-8-20)27(24,25)16-6-5-11-26-16/h5-6,11H,7-10,12-13H2,1-4H3,(H,18,22). The lowest BCUT2D eigenvalue weighted by molar-refractivity contribution is -0.136. The fraction of sp³-hybridized carbons (Fsp3) is 0.647. The molecule has 2 heterocycles. The molecule has 2 rings (SSSR count). The zero-order valence-corrected chi connectivity index (χ0v) is 17.9. The zero-order chi connectivity index (χ0) is 20.2. The van der Waals surface area contributed by atoms with Crippen molar-refractivity contribution in [3.05, 3.63) is 17.5 Å². The van der Waals surface area contributed by atoms with Crippen molar-refractivity contribution in [1.29, 1.82) is 0 Å². The van der Waals surface area contributed by atoms with Crippen LogP contribution >= 0.6 is 11.3 Å². The first-order valence-corrected chi connectivity index (χ1v) is 11.1. The van der Waals surface area contributed by atoms with Crippen LogP contribution in [0.1, 0.15) is 20.8 Å². The molecule has 1 aliphatic rings. The van der Waals surface area contributed by atoms with Gasteiger partial charge in [0.2, 0.25) is 11.8 Å². The van der Waals surface area contributed by atoms with Gasteiger partial charge in [0.1, 0.15) is 4.21 Å². The number of rotatable bonds is 6. The summed E-state index contributed by atoms with van der Waals surface area (Å²) in [6.07, 6.45) is 0. The summed E-state index contributed by atoms with van der Waals surface area (Å²) in [5.41, 5.74) is -0.342. The van der Waals surface area contributed by atoms with Crippen molar-refractivity contribution in [2.75, 3.05) is 46.3 Å². The van der Waals surface area contributed by atoms with Crippen molar-refractivity contribution in [3.63, 3.8) is 0 Å². The van der Waals surface area contributed by atoms with Gasteiger partial charge < -0.3 is 10.2 Å². The molecule has 1 aromatic heterocycles. The molecule has 27 heavy (non-hydrogen) atoms. The second kappa shape index (κ2) is 8.68. The molecule has 0 atom stereocenters. The van der Waals surface area contributed by atoms with Crippen LogP contribution in [-0.4, -0.2) is 86.2 Å². The van der Waals surface area contributed by atoms with E-state index in [0.29, 0.717) is 30.4 Å². The second-order valence-electron chi connectivity index (χ2n) is 7.66. The average molecular weight is 417 g/mol. The van der Waals surface area contributed by atoms with Crippen LogP contribution in [0.25, 0.3) is 0 Å². The largest absolute Gasteiger partial charge is 0.350 e. The Morgan fingerprint density at radius 1 is 1.22 bits per heavy atom. The van der Waals surface area contributed by atoms with E-state index in [4.69, 9.17) is 0 Å². The van der Waals surface area contributed by atoms with E-state index < -0.39 is 10.0 Å². The number of likely N-dealkylation sites (N-methyl/N-ethyl adjacent to an activating group) is 1. The van der Waals surface area contributed by atoms with Crippen molar-refractivity contribution >= 4 is 33.2 Å². The molecular formula is C17H28N4O4S2. The molecule has 1 fully saturated rings. The monoisotopic (exact) mass is 416 g/mol. The third kappa shape index (κ3) is 6.27. The third-order valence-corrected chi connectivity index (χ3v) is 7.37. The lowest BCUT2D eigenvalue weighted by Crippen LogP contribution is -2.52. The van der Waals surface area contributed by atoms with Gasteiger partial charge in [-0.3, -0.25) is 14.5 Å². The third-order valence-electron chi connectivity index (χ3n) is 4.10. The summed E-state index contributed by atoms with van der Waals surface area (Å²) < 4.78 is 26.8. The maximum absolute atomic E-state index is 12.5. The van der Waals surface area contributed by atoms with Gasteiger partial charge in [-0.1, -0.05) is 6.07 Å². The summed E-state index contributed by atoms with van der Waals surface area (Å²) in [4.78, 5) is 27.6. The summed E-state index contributed by atoms with van der Waals surface area (Å²) in [5, 5.41) is 4.57. The Morgan fingerprint density at radius 3 is 2.37 bits per heavy atom. The van der Waals surface area contributed by atoms with Crippen molar-refractivity contribution in [1.82, 2.24) is 19.4 Å². The number of thiophene rings is 1. The number of piperazine rings is 1. The molecule has 1 saturated heterocycles. The number of carbonyl (C=O) groups is 2. The Bertz CT molecular complexity index is 748. The minimum Gasteiger partial charge on any atom is -0.350 e. The molecule has 0 unspecified atom stereocenters. The van der Waals surface area contributed by atoms with Crippen LogP contribution < -0.4 is 5.32 Å².